The van der Waals surface area contributed by atoms with Crippen LogP contribution >= 0.6 is 0 Å². The molecule has 5 aliphatic rings. The Bertz CT molecular complexity index is 1640. The van der Waals surface area contributed by atoms with Gasteiger partial charge in [0.1, 0.15) is 0 Å². The van der Waals surface area contributed by atoms with Crippen molar-refractivity contribution in [1.82, 2.24) is 0 Å². The van der Waals surface area contributed by atoms with Gasteiger partial charge in [-0.2, -0.15) is 0 Å². The van der Waals surface area contributed by atoms with Gasteiger partial charge in [0.25, 0.3) is 0 Å². The van der Waals surface area contributed by atoms with Crippen LogP contribution in [0.3, 0.4) is 0 Å². The first-order chi connectivity index (χ1) is 23.8. The topological polar surface area (TPSA) is 0 Å². The fourth-order valence-electron chi connectivity index (χ4n) is 13.1. The predicted molar refractivity (Wildman–Crippen MR) is 210 cm³/mol. The van der Waals surface area contributed by atoms with Crippen molar-refractivity contribution in [2.24, 2.45) is 35.5 Å². The number of hydrogen-bond acceptors (Lipinski definition) is 0. The van der Waals surface area contributed by atoms with Gasteiger partial charge in [-0.25, -0.2) is 0 Å². The minimum absolute atomic E-state index is 0.600. The molecule has 0 heterocycles. The Morgan fingerprint density at radius 1 is 0.562 bits per heavy atom. The lowest BCUT2D eigenvalue weighted by atomic mass is 9.58. The Balaban J connectivity index is 1.13. The van der Waals surface area contributed by atoms with Crippen molar-refractivity contribution in [2.75, 3.05) is 0 Å². The van der Waals surface area contributed by atoms with E-state index in [0.29, 0.717) is 5.92 Å². The zero-order valence-electron chi connectivity index (χ0n) is 29.2. The molecular formula is C46H56Si2. The molecule has 4 fully saturated rings. The molecule has 10 atom stereocenters. The van der Waals surface area contributed by atoms with E-state index >= 15 is 0 Å². The van der Waals surface area contributed by atoms with Crippen LogP contribution in [0.2, 0.25) is 11.1 Å². The fraction of sp³-hybridized carbons (Fsp3) is 0.478. The molecule has 0 nitrogen and oxygen atoms in total. The highest BCUT2D eigenvalue weighted by Crippen LogP contribution is 2.65. The molecule has 5 aliphatic carbocycles. The number of fused-ring (bicyclic) bond motifs is 5. The lowest BCUT2D eigenvalue weighted by Gasteiger charge is -2.48. The summed E-state index contributed by atoms with van der Waals surface area (Å²) in [4.78, 5) is 0. The second-order valence-electron chi connectivity index (χ2n) is 16.8. The third-order valence-electron chi connectivity index (χ3n) is 14.8. The molecule has 0 aliphatic heterocycles. The van der Waals surface area contributed by atoms with Crippen molar-refractivity contribution < 1.29 is 0 Å². The summed E-state index contributed by atoms with van der Waals surface area (Å²) in [5.74, 6) is 6.09. The average Bonchev–Trinajstić information content (AvgIpc) is 3.95. The van der Waals surface area contributed by atoms with Crippen molar-refractivity contribution in [3.05, 3.63) is 120 Å². The van der Waals surface area contributed by atoms with E-state index in [9.17, 15) is 0 Å². The molecule has 0 spiro atoms. The average molecular weight is 665 g/mol. The first kappa shape index (κ1) is 31.3. The molecule has 0 radical (unpaired) electrons. The van der Waals surface area contributed by atoms with Crippen molar-refractivity contribution in [2.45, 2.75) is 101 Å². The second-order valence-corrected chi connectivity index (χ2v) is 26.4. The summed E-state index contributed by atoms with van der Waals surface area (Å²) >= 11 is 0. The Morgan fingerprint density at radius 3 is 1.90 bits per heavy atom. The van der Waals surface area contributed by atoms with Crippen LogP contribution in [-0.2, 0) is 0 Å². The molecule has 2 heteroatoms. The summed E-state index contributed by atoms with van der Waals surface area (Å²) in [5.41, 5.74) is 8.37. The van der Waals surface area contributed by atoms with Gasteiger partial charge in [-0.1, -0.05) is 184 Å². The predicted octanol–water partition coefficient (Wildman–Crippen LogP) is 10.3. The molecule has 4 saturated carbocycles. The Hall–Kier alpha value is -2.69. The Kier molecular flexibility index (Phi) is 8.84. The lowest BCUT2D eigenvalue weighted by Crippen LogP contribution is -2.58. The largest absolute Gasteiger partial charge is 0.0703 e. The van der Waals surface area contributed by atoms with E-state index < -0.39 is 16.6 Å². The van der Waals surface area contributed by atoms with Gasteiger partial charge in [0.15, 0.2) is 0 Å². The van der Waals surface area contributed by atoms with Crippen molar-refractivity contribution in [3.63, 3.8) is 0 Å². The number of benzene rings is 4. The van der Waals surface area contributed by atoms with Gasteiger partial charge in [0.05, 0.1) is 16.6 Å². The normalized spacial score (nSPS) is 31.9. The number of rotatable bonds is 9. The molecule has 9 rings (SSSR count). The summed E-state index contributed by atoms with van der Waals surface area (Å²) in [6.45, 7) is 2.39. The highest BCUT2D eigenvalue weighted by atomic mass is 29.2. The van der Waals surface area contributed by atoms with E-state index in [1.807, 2.05) is 10.4 Å². The molecule has 0 saturated heterocycles. The summed E-state index contributed by atoms with van der Waals surface area (Å²) in [5, 5.41) is 3.66. The van der Waals surface area contributed by atoms with Gasteiger partial charge in [0.2, 0.25) is 0 Å². The van der Waals surface area contributed by atoms with E-state index in [-0.39, 0.29) is 0 Å². The number of hydrogen-bond donors (Lipinski definition) is 0. The van der Waals surface area contributed by atoms with Crippen LogP contribution in [0.5, 0.6) is 0 Å². The van der Waals surface area contributed by atoms with E-state index in [1.165, 1.54) is 81.8 Å². The van der Waals surface area contributed by atoms with Crippen LogP contribution in [0.1, 0.15) is 101 Å². The van der Waals surface area contributed by atoms with Crippen LogP contribution in [-0.4, -0.2) is 16.6 Å². The molecule has 0 N–H and O–H groups in total. The number of unbranched alkanes of at least 4 members (excludes halogenated alkanes) is 1. The molecule has 48 heavy (non-hydrogen) atoms. The summed E-state index contributed by atoms with van der Waals surface area (Å²) in [7, 11) is -2.51. The molecule has 248 valence electrons. The van der Waals surface area contributed by atoms with Gasteiger partial charge in [-0.15, -0.1) is 0 Å². The van der Waals surface area contributed by atoms with E-state index in [4.69, 9.17) is 0 Å². The Morgan fingerprint density at radius 2 is 1.21 bits per heavy atom. The Labute approximate surface area is 293 Å². The first-order valence-corrected chi connectivity index (χ1v) is 25.2. The SMILES string of the molecule is CCCCC1CCC([SiH](c2ccccc2)[SiH](c2ccccc2)C2CCC3C2CC2CCCC2C3C2c3ccccc3-c3ccccc32)C1. The highest BCUT2D eigenvalue weighted by Gasteiger charge is 2.57. The summed E-state index contributed by atoms with van der Waals surface area (Å²) in [6, 6.07) is 43.8. The smallest absolute Gasteiger partial charge is 0.0654 e. The van der Waals surface area contributed by atoms with E-state index in [1.54, 1.807) is 17.5 Å². The zero-order chi connectivity index (χ0) is 32.0. The van der Waals surface area contributed by atoms with Gasteiger partial charge >= 0.3 is 0 Å². The van der Waals surface area contributed by atoms with Crippen LogP contribution < -0.4 is 10.4 Å². The maximum atomic E-state index is 2.62. The highest BCUT2D eigenvalue weighted by molar-refractivity contribution is 7.34. The van der Waals surface area contributed by atoms with E-state index in [0.717, 1.165) is 46.6 Å². The van der Waals surface area contributed by atoms with Gasteiger partial charge in [-0.05, 0) is 88.1 Å². The van der Waals surface area contributed by atoms with Crippen molar-refractivity contribution >= 4 is 27.0 Å². The molecule has 0 amide bonds. The summed E-state index contributed by atoms with van der Waals surface area (Å²) in [6.07, 6.45) is 17.8. The zero-order valence-corrected chi connectivity index (χ0v) is 31.5. The van der Waals surface area contributed by atoms with E-state index in [2.05, 4.69) is 116 Å². The monoisotopic (exact) mass is 664 g/mol. The molecule has 4 aromatic rings. The molecule has 10 unspecified atom stereocenters. The molecule has 0 aromatic heterocycles. The minimum atomic E-state index is -1.28. The lowest BCUT2D eigenvalue weighted by molar-refractivity contribution is 0.0618. The van der Waals surface area contributed by atoms with Gasteiger partial charge < -0.3 is 0 Å². The minimum Gasteiger partial charge on any atom is -0.0654 e. The molecular weight excluding hydrogens is 609 g/mol. The van der Waals surface area contributed by atoms with Crippen molar-refractivity contribution in [3.8, 4) is 11.1 Å². The second kappa shape index (κ2) is 13.6. The van der Waals surface area contributed by atoms with Crippen LogP contribution in [0.4, 0.5) is 0 Å². The third-order valence-corrected chi connectivity index (χ3v) is 29.0. The summed E-state index contributed by atoms with van der Waals surface area (Å²) < 4.78 is 0. The first-order valence-electron chi connectivity index (χ1n) is 20.1. The molecule has 0 bridgehead atoms. The third kappa shape index (κ3) is 5.45. The molecule has 4 aromatic carbocycles. The standard InChI is InChI=1S/C46H56Si2/c1-2-3-15-32-26-27-36(30-32)47(34-17-6-4-7-18-34)48(35-19-8-5-9-20-35)44-29-28-42-43(44)31-33-16-14-25-37(33)45(42)46-40-23-12-10-21-38(40)39-22-11-13-24-41(39)46/h4-13,17-24,32-33,36-37,42-48H,2-3,14-16,25-31H2,1H3. The maximum absolute atomic E-state index is 2.62. The quantitative estimate of drug-likeness (QED) is 0.156. The van der Waals surface area contributed by atoms with Crippen LogP contribution in [0, 0.1) is 35.5 Å². The van der Waals surface area contributed by atoms with Crippen molar-refractivity contribution in [1.29, 1.82) is 0 Å². The van der Waals surface area contributed by atoms with Crippen LogP contribution in [0.15, 0.2) is 109 Å². The van der Waals surface area contributed by atoms with Crippen LogP contribution in [0.25, 0.3) is 11.1 Å². The van der Waals surface area contributed by atoms with Gasteiger partial charge in [0, 0.05) is 5.92 Å². The fourth-order valence-corrected chi connectivity index (χ4v) is 29.8. The van der Waals surface area contributed by atoms with Gasteiger partial charge in [-0.3, -0.25) is 0 Å². The maximum Gasteiger partial charge on any atom is 0.0703 e.